The van der Waals surface area contributed by atoms with E-state index >= 15 is 0 Å². The number of phenolic OH excluding ortho intramolecular Hbond substituents is 1. The first-order valence-corrected chi connectivity index (χ1v) is 12.0. The highest BCUT2D eigenvalue weighted by Gasteiger charge is 2.23. The van der Waals surface area contributed by atoms with Gasteiger partial charge in [-0.2, -0.15) is 9.97 Å². The van der Waals surface area contributed by atoms with Crippen molar-refractivity contribution in [2.24, 2.45) is 5.73 Å². The van der Waals surface area contributed by atoms with Crippen LogP contribution in [0.1, 0.15) is 6.92 Å². The van der Waals surface area contributed by atoms with Gasteiger partial charge >= 0.3 is 6.01 Å². The third-order valence-corrected chi connectivity index (χ3v) is 6.52. The number of nitrogens with zero attached hydrogens (tertiary/aromatic N) is 4. The molecule has 8 nitrogen and oxygen atoms in total. The number of fused-ring (bicyclic) bond motifs is 2. The van der Waals surface area contributed by atoms with Crippen LogP contribution in [0, 0.1) is 0 Å². The highest BCUT2D eigenvalue weighted by Crippen LogP contribution is 2.36. The molecule has 1 fully saturated rings. The number of phenols is 1. The lowest BCUT2D eigenvalue weighted by Crippen LogP contribution is -2.48. The molecule has 36 heavy (non-hydrogen) atoms. The second kappa shape index (κ2) is 9.83. The van der Waals surface area contributed by atoms with Crippen LogP contribution < -0.4 is 15.4 Å². The molecular formula is C28H29N5O3. The standard InChI is InChI=1S/C28H29N5O3/c1-3-26(35)32-10-12-33(13-11-32)27-23-9-8-20(15-25(23)30-28(31-27)36-18(2)17-29)24-16-21(34)14-19-6-4-5-7-22(19)24/h3-9,14-16,18,34H,1,10-13,17,29H2,2H3. The van der Waals surface area contributed by atoms with Crippen LogP contribution in [0.5, 0.6) is 11.8 Å². The maximum absolute atomic E-state index is 12.0. The summed E-state index contributed by atoms with van der Waals surface area (Å²) < 4.78 is 5.92. The van der Waals surface area contributed by atoms with Gasteiger partial charge in [0.05, 0.1) is 5.52 Å². The Hall–Kier alpha value is -4.17. The van der Waals surface area contributed by atoms with Crippen molar-refractivity contribution in [1.29, 1.82) is 0 Å². The number of hydrogen-bond acceptors (Lipinski definition) is 7. The molecule has 1 saturated heterocycles. The summed E-state index contributed by atoms with van der Waals surface area (Å²) in [6.07, 6.45) is 1.11. The van der Waals surface area contributed by atoms with Gasteiger partial charge in [0, 0.05) is 38.1 Å². The number of hydrogen-bond donors (Lipinski definition) is 2. The molecule has 3 aromatic carbocycles. The van der Waals surface area contributed by atoms with E-state index in [1.807, 2.05) is 49.4 Å². The van der Waals surface area contributed by atoms with E-state index in [1.54, 1.807) is 17.0 Å². The highest BCUT2D eigenvalue weighted by atomic mass is 16.5. The summed E-state index contributed by atoms with van der Waals surface area (Å²) in [5.74, 6) is 0.906. The van der Waals surface area contributed by atoms with Crippen LogP contribution >= 0.6 is 0 Å². The summed E-state index contributed by atoms with van der Waals surface area (Å²) in [5.41, 5.74) is 8.36. The smallest absolute Gasteiger partial charge is 0.319 e. The van der Waals surface area contributed by atoms with Crippen molar-refractivity contribution in [2.45, 2.75) is 13.0 Å². The molecule has 1 aliphatic rings. The van der Waals surface area contributed by atoms with Gasteiger partial charge in [0.2, 0.25) is 5.91 Å². The van der Waals surface area contributed by atoms with Crippen LogP contribution in [0.4, 0.5) is 5.82 Å². The lowest BCUT2D eigenvalue weighted by atomic mass is 9.97. The molecule has 1 amide bonds. The van der Waals surface area contributed by atoms with Gasteiger partial charge < -0.3 is 25.4 Å². The van der Waals surface area contributed by atoms with Crippen LogP contribution in [0.2, 0.25) is 0 Å². The molecule has 0 aliphatic carbocycles. The second-order valence-electron chi connectivity index (χ2n) is 8.96. The van der Waals surface area contributed by atoms with E-state index in [2.05, 4.69) is 11.5 Å². The lowest BCUT2D eigenvalue weighted by Gasteiger charge is -2.35. The second-order valence-corrected chi connectivity index (χ2v) is 8.96. The Bertz CT molecular complexity index is 1450. The maximum atomic E-state index is 12.0. The number of nitrogens with two attached hydrogens (primary N) is 1. The summed E-state index contributed by atoms with van der Waals surface area (Å²) in [6.45, 7) is 8.25. The third kappa shape index (κ3) is 4.55. The largest absolute Gasteiger partial charge is 0.508 e. The summed E-state index contributed by atoms with van der Waals surface area (Å²) in [6, 6.07) is 17.8. The molecule has 8 heteroatoms. The van der Waals surface area contributed by atoms with Crippen molar-refractivity contribution < 1.29 is 14.6 Å². The van der Waals surface area contributed by atoms with Crippen LogP contribution in [-0.2, 0) is 4.79 Å². The molecule has 1 unspecified atom stereocenters. The first-order chi connectivity index (χ1) is 17.5. The molecular weight excluding hydrogens is 454 g/mol. The van der Waals surface area contributed by atoms with Crippen molar-refractivity contribution in [3.05, 3.63) is 67.3 Å². The van der Waals surface area contributed by atoms with E-state index in [0.717, 1.165) is 38.6 Å². The molecule has 0 spiro atoms. The number of aromatic hydroxyl groups is 1. The summed E-state index contributed by atoms with van der Waals surface area (Å²) >= 11 is 0. The number of ether oxygens (including phenoxy) is 1. The monoisotopic (exact) mass is 483 g/mol. The number of carbonyl (C=O) groups is 1. The number of amides is 1. The van der Waals surface area contributed by atoms with E-state index in [4.69, 9.17) is 20.4 Å². The Morgan fingerprint density at radius 2 is 1.89 bits per heavy atom. The fourth-order valence-corrected chi connectivity index (χ4v) is 4.58. The van der Waals surface area contributed by atoms with Crippen molar-refractivity contribution in [2.75, 3.05) is 37.6 Å². The summed E-state index contributed by atoms with van der Waals surface area (Å²) in [4.78, 5) is 25.4. The molecule has 0 radical (unpaired) electrons. The van der Waals surface area contributed by atoms with Crippen LogP contribution in [0.3, 0.4) is 0 Å². The van der Waals surface area contributed by atoms with Crippen LogP contribution in [0.25, 0.3) is 32.8 Å². The number of aromatic nitrogens is 2. The number of benzene rings is 3. The number of anilines is 1. The van der Waals surface area contributed by atoms with E-state index < -0.39 is 0 Å². The molecule has 1 aliphatic heterocycles. The first kappa shape index (κ1) is 23.6. The molecule has 2 heterocycles. The number of rotatable bonds is 6. The Labute approximate surface area is 209 Å². The minimum absolute atomic E-state index is 0.0639. The fraction of sp³-hybridized carbons (Fsp3) is 0.250. The maximum Gasteiger partial charge on any atom is 0.319 e. The van der Waals surface area contributed by atoms with Gasteiger partial charge in [0.1, 0.15) is 17.7 Å². The van der Waals surface area contributed by atoms with E-state index in [0.29, 0.717) is 32.7 Å². The zero-order valence-corrected chi connectivity index (χ0v) is 20.2. The predicted molar refractivity (Wildman–Crippen MR) is 142 cm³/mol. The van der Waals surface area contributed by atoms with Crippen molar-refractivity contribution in [1.82, 2.24) is 14.9 Å². The van der Waals surface area contributed by atoms with E-state index in [1.165, 1.54) is 6.08 Å². The molecule has 3 N–H and O–H groups in total. The van der Waals surface area contributed by atoms with Gasteiger partial charge in [-0.15, -0.1) is 0 Å². The number of piperazine rings is 1. The zero-order chi connectivity index (χ0) is 25.2. The Morgan fingerprint density at radius 3 is 2.64 bits per heavy atom. The molecule has 1 aromatic heterocycles. The minimum atomic E-state index is -0.240. The number of carbonyl (C=O) groups excluding carboxylic acids is 1. The van der Waals surface area contributed by atoms with Gasteiger partial charge in [-0.05, 0) is 59.2 Å². The third-order valence-electron chi connectivity index (χ3n) is 6.52. The Balaban J connectivity index is 1.59. The van der Waals surface area contributed by atoms with Gasteiger partial charge in [0.15, 0.2) is 0 Å². The predicted octanol–water partition coefficient (Wildman–Crippen LogP) is 3.72. The van der Waals surface area contributed by atoms with Crippen molar-refractivity contribution in [3.63, 3.8) is 0 Å². The van der Waals surface area contributed by atoms with E-state index in [9.17, 15) is 9.90 Å². The Kier molecular flexibility index (Phi) is 6.43. The van der Waals surface area contributed by atoms with Crippen molar-refractivity contribution in [3.8, 4) is 22.9 Å². The highest BCUT2D eigenvalue weighted by molar-refractivity contribution is 6.01. The van der Waals surface area contributed by atoms with Gasteiger partial charge in [-0.3, -0.25) is 4.79 Å². The van der Waals surface area contributed by atoms with Gasteiger partial charge in [-0.25, -0.2) is 0 Å². The molecule has 0 bridgehead atoms. The fourth-order valence-electron chi connectivity index (χ4n) is 4.58. The van der Waals surface area contributed by atoms with Gasteiger partial charge in [0.25, 0.3) is 0 Å². The summed E-state index contributed by atoms with van der Waals surface area (Å²) in [5, 5.41) is 13.2. The normalized spacial score (nSPS) is 14.7. The molecule has 5 rings (SSSR count). The lowest BCUT2D eigenvalue weighted by molar-refractivity contribution is -0.126. The Morgan fingerprint density at radius 1 is 1.11 bits per heavy atom. The first-order valence-electron chi connectivity index (χ1n) is 12.0. The average Bonchev–Trinajstić information content (AvgIpc) is 2.91. The molecule has 4 aromatic rings. The topological polar surface area (TPSA) is 105 Å². The molecule has 184 valence electrons. The quantitative estimate of drug-likeness (QED) is 0.403. The molecule has 1 atom stereocenters. The van der Waals surface area contributed by atoms with Crippen molar-refractivity contribution >= 4 is 33.4 Å². The van der Waals surface area contributed by atoms with Crippen LogP contribution in [0.15, 0.2) is 67.3 Å². The summed E-state index contributed by atoms with van der Waals surface area (Å²) in [7, 11) is 0. The van der Waals surface area contributed by atoms with Gasteiger partial charge in [-0.1, -0.05) is 36.9 Å². The SMILES string of the molecule is C=CC(=O)N1CCN(c2nc(OC(C)CN)nc3cc(-c4cc(O)cc5ccccc45)ccc23)CC1. The minimum Gasteiger partial charge on any atom is -0.508 e. The zero-order valence-electron chi connectivity index (χ0n) is 20.2. The molecule has 0 saturated carbocycles. The van der Waals surface area contributed by atoms with Crippen LogP contribution in [-0.4, -0.2) is 64.7 Å². The average molecular weight is 484 g/mol. The van der Waals surface area contributed by atoms with E-state index in [-0.39, 0.29) is 23.8 Å².